The van der Waals surface area contributed by atoms with E-state index in [4.69, 9.17) is 9.47 Å². The molecule has 1 N–H and O–H groups in total. The third kappa shape index (κ3) is 6.41. The van der Waals surface area contributed by atoms with E-state index in [1.807, 2.05) is 4.90 Å². The number of nitrogens with one attached hydrogen (secondary N) is 1. The monoisotopic (exact) mass is 459 g/mol. The first-order valence-electron chi connectivity index (χ1n) is 10.8. The highest BCUT2D eigenvalue weighted by molar-refractivity contribution is 5.69. The van der Waals surface area contributed by atoms with Crippen LogP contribution in [-0.2, 0) is 9.47 Å². The standard InChI is InChI=1S/C22H32F3N3O4/c1-14(26-20(29)32-21(2,3)4)18-7-6-15(10-19(18)31-22(23,24)25)28-11-16(12-28)27-9-8-17(13-27)30-5/h6-7,10,14,16-17H,8-9,11-13H2,1-5H3,(H,26,29)/t14-,17+/m0/s1. The summed E-state index contributed by atoms with van der Waals surface area (Å²) in [5, 5.41) is 2.57. The number of methoxy groups -OCH3 is 1. The van der Waals surface area contributed by atoms with E-state index < -0.39 is 24.1 Å². The lowest BCUT2D eigenvalue weighted by molar-refractivity contribution is -0.274. The van der Waals surface area contributed by atoms with Crippen molar-refractivity contribution in [1.82, 2.24) is 10.2 Å². The number of alkyl halides is 3. The van der Waals surface area contributed by atoms with Gasteiger partial charge in [-0.05, 0) is 40.2 Å². The molecular formula is C22H32F3N3O4. The van der Waals surface area contributed by atoms with Gasteiger partial charge in [-0.1, -0.05) is 6.07 Å². The predicted molar refractivity (Wildman–Crippen MR) is 114 cm³/mol. The van der Waals surface area contributed by atoms with Crippen LogP contribution in [0.4, 0.5) is 23.7 Å². The Morgan fingerprint density at radius 2 is 1.88 bits per heavy atom. The first kappa shape index (κ1) is 24.4. The number of rotatable bonds is 6. The minimum atomic E-state index is -4.85. The van der Waals surface area contributed by atoms with Crippen molar-refractivity contribution in [2.45, 2.75) is 64.3 Å². The van der Waals surface area contributed by atoms with E-state index in [0.29, 0.717) is 11.7 Å². The summed E-state index contributed by atoms with van der Waals surface area (Å²) in [6.45, 7) is 10.0. The lowest BCUT2D eigenvalue weighted by atomic mass is 10.0. The quantitative estimate of drug-likeness (QED) is 0.692. The molecule has 2 saturated heterocycles. The number of likely N-dealkylation sites (tertiary alicyclic amines) is 1. The fourth-order valence-corrected chi connectivity index (χ4v) is 4.03. The molecule has 0 bridgehead atoms. The van der Waals surface area contributed by atoms with Crippen LogP contribution in [0.3, 0.4) is 0 Å². The topological polar surface area (TPSA) is 63.3 Å². The number of ether oxygens (including phenoxy) is 3. The highest BCUT2D eigenvalue weighted by Gasteiger charge is 2.37. The molecule has 2 fully saturated rings. The molecule has 0 aromatic heterocycles. The summed E-state index contributed by atoms with van der Waals surface area (Å²) in [6, 6.07) is 4.31. The van der Waals surface area contributed by atoms with Gasteiger partial charge in [0.15, 0.2) is 0 Å². The van der Waals surface area contributed by atoms with Gasteiger partial charge < -0.3 is 24.4 Å². The highest BCUT2D eigenvalue weighted by atomic mass is 19.4. The summed E-state index contributed by atoms with van der Waals surface area (Å²) in [5.74, 6) is -0.331. The first-order chi connectivity index (χ1) is 14.8. The zero-order valence-corrected chi connectivity index (χ0v) is 19.2. The SMILES string of the molecule is CO[C@@H]1CCN(C2CN(c3ccc([C@H](C)NC(=O)OC(C)(C)C)c(OC(F)(F)F)c3)C2)C1. The Bertz CT molecular complexity index is 807. The van der Waals surface area contributed by atoms with Crippen molar-refractivity contribution < 1.29 is 32.2 Å². The van der Waals surface area contributed by atoms with Gasteiger partial charge in [-0.25, -0.2) is 4.79 Å². The molecule has 3 rings (SSSR count). The van der Waals surface area contributed by atoms with Crippen molar-refractivity contribution in [3.05, 3.63) is 23.8 Å². The zero-order valence-electron chi connectivity index (χ0n) is 19.2. The van der Waals surface area contributed by atoms with Crippen molar-refractivity contribution in [1.29, 1.82) is 0 Å². The average molecular weight is 460 g/mol. The second-order valence-electron chi connectivity index (χ2n) is 9.34. The predicted octanol–water partition coefficient (Wildman–Crippen LogP) is 4.08. The molecular weight excluding hydrogens is 427 g/mol. The van der Waals surface area contributed by atoms with Crippen LogP contribution in [0, 0.1) is 0 Å². The van der Waals surface area contributed by atoms with E-state index in [1.54, 1.807) is 46.9 Å². The van der Waals surface area contributed by atoms with Gasteiger partial charge >= 0.3 is 12.5 Å². The molecule has 0 unspecified atom stereocenters. The number of nitrogens with zero attached hydrogens (tertiary/aromatic N) is 2. The van der Waals surface area contributed by atoms with Gasteiger partial charge in [0, 0.05) is 56.6 Å². The molecule has 1 amide bonds. The molecule has 2 aliphatic heterocycles. The molecule has 0 saturated carbocycles. The van der Waals surface area contributed by atoms with Gasteiger partial charge in [-0.3, -0.25) is 4.90 Å². The third-order valence-corrected chi connectivity index (χ3v) is 5.68. The molecule has 1 aromatic rings. The molecule has 2 heterocycles. The van der Waals surface area contributed by atoms with Gasteiger partial charge in [0.25, 0.3) is 0 Å². The minimum Gasteiger partial charge on any atom is -0.444 e. The van der Waals surface area contributed by atoms with Gasteiger partial charge in [-0.15, -0.1) is 13.2 Å². The van der Waals surface area contributed by atoms with E-state index in [0.717, 1.165) is 32.6 Å². The molecule has 10 heteroatoms. The Balaban J connectivity index is 1.69. The van der Waals surface area contributed by atoms with Crippen LogP contribution in [0.1, 0.15) is 45.7 Å². The maximum Gasteiger partial charge on any atom is 0.573 e. The molecule has 32 heavy (non-hydrogen) atoms. The number of benzene rings is 1. The van der Waals surface area contributed by atoms with E-state index in [2.05, 4.69) is 15.0 Å². The number of halogens is 3. The lowest BCUT2D eigenvalue weighted by Crippen LogP contribution is -2.59. The molecule has 7 nitrogen and oxygen atoms in total. The molecule has 1 aromatic carbocycles. The smallest absolute Gasteiger partial charge is 0.444 e. The number of carbonyl (C=O) groups is 1. The summed E-state index contributed by atoms with van der Waals surface area (Å²) in [4.78, 5) is 16.4. The number of hydrogen-bond acceptors (Lipinski definition) is 6. The fourth-order valence-electron chi connectivity index (χ4n) is 4.03. The Hall–Kier alpha value is -2.20. The average Bonchev–Trinajstić information content (AvgIpc) is 3.06. The number of amides is 1. The van der Waals surface area contributed by atoms with Crippen LogP contribution in [0.25, 0.3) is 0 Å². The maximum absolute atomic E-state index is 13.1. The number of anilines is 1. The van der Waals surface area contributed by atoms with Crippen LogP contribution >= 0.6 is 0 Å². The number of hydrogen-bond donors (Lipinski definition) is 1. The fraction of sp³-hybridized carbons (Fsp3) is 0.682. The van der Waals surface area contributed by atoms with Gasteiger partial charge in [-0.2, -0.15) is 0 Å². The van der Waals surface area contributed by atoms with E-state index in [-0.39, 0.29) is 17.4 Å². The second-order valence-corrected chi connectivity index (χ2v) is 9.34. The number of alkyl carbamates (subject to hydrolysis) is 1. The Labute approximate surface area is 186 Å². The lowest BCUT2D eigenvalue weighted by Gasteiger charge is -2.45. The summed E-state index contributed by atoms with van der Waals surface area (Å²) in [7, 11) is 1.71. The van der Waals surface area contributed by atoms with E-state index >= 15 is 0 Å². The molecule has 0 aliphatic carbocycles. The molecule has 2 aliphatic rings. The Kier molecular flexibility index (Phi) is 7.14. The zero-order chi connectivity index (χ0) is 23.7. The summed E-state index contributed by atoms with van der Waals surface area (Å²) >= 11 is 0. The van der Waals surface area contributed by atoms with Crippen molar-refractivity contribution in [2.75, 3.05) is 38.2 Å². The van der Waals surface area contributed by atoms with Crippen molar-refractivity contribution in [3.63, 3.8) is 0 Å². The molecule has 180 valence electrons. The summed E-state index contributed by atoms with van der Waals surface area (Å²) in [5.41, 5.74) is 0.152. The Morgan fingerprint density at radius 1 is 1.19 bits per heavy atom. The summed E-state index contributed by atoms with van der Waals surface area (Å²) in [6.07, 6.45) is -4.32. The van der Waals surface area contributed by atoms with Crippen LogP contribution in [0.15, 0.2) is 18.2 Å². The highest BCUT2D eigenvalue weighted by Crippen LogP contribution is 2.36. The van der Waals surface area contributed by atoms with Crippen LogP contribution in [0.5, 0.6) is 5.75 Å². The first-order valence-corrected chi connectivity index (χ1v) is 10.8. The van der Waals surface area contributed by atoms with Crippen molar-refractivity contribution in [2.24, 2.45) is 0 Å². The van der Waals surface area contributed by atoms with Crippen molar-refractivity contribution >= 4 is 11.8 Å². The van der Waals surface area contributed by atoms with Gasteiger partial charge in [0.2, 0.25) is 0 Å². The van der Waals surface area contributed by atoms with Crippen molar-refractivity contribution in [3.8, 4) is 5.75 Å². The van der Waals surface area contributed by atoms with Gasteiger partial charge in [0.05, 0.1) is 12.1 Å². The molecule has 0 radical (unpaired) electrons. The molecule has 0 spiro atoms. The van der Waals surface area contributed by atoms with E-state index in [9.17, 15) is 18.0 Å². The Morgan fingerprint density at radius 3 is 2.44 bits per heavy atom. The second kappa shape index (κ2) is 9.35. The van der Waals surface area contributed by atoms with Crippen LogP contribution in [0.2, 0.25) is 0 Å². The van der Waals surface area contributed by atoms with Gasteiger partial charge in [0.1, 0.15) is 11.4 Å². The summed E-state index contributed by atoms with van der Waals surface area (Å²) < 4.78 is 54.1. The van der Waals surface area contributed by atoms with E-state index in [1.165, 1.54) is 6.07 Å². The normalized spacial score (nSPS) is 21.2. The number of carbonyl (C=O) groups excluding carboxylic acids is 1. The third-order valence-electron chi connectivity index (χ3n) is 5.68. The largest absolute Gasteiger partial charge is 0.573 e. The minimum absolute atomic E-state index is 0.219. The molecule has 2 atom stereocenters. The maximum atomic E-state index is 13.1. The van der Waals surface area contributed by atoms with Crippen LogP contribution < -0.4 is 15.0 Å². The van der Waals surface area contributed by atoms with Crippen LogP contribution in [-0.4, -0.2) is 68.4 Å².